The van der Waals surface area contributed by atoms with E-state index in [9.17, 15) is 26.7 Å². The second-order valence-electron chi connectivity index (χ2n) is 6.56. The summed E-state index contributed by atoms with van der Waals surface area (Å²) in [6.07, 6.45) is -4.94. The molecule has 0 aromatic heterocycles. The average Bonchev–Trinajstić information content (AvgIpc) is 3.04. The number of carbonyl (C=O) groups excluding carboxylic acids is 1. The number of hydrogen-bond donors (Lipinski definition) is 0. The highest BCUT2D eigenvalue weighted by atomic mass is 19.4. The molecular weight excluding hydrogens is 295 g/mol. The van der Waals surface area contributed by atoms with Gasteiger partial charge >= 0.3 is 12.1 Å². The summed E-state index contributed by atoms with van der Waals surface area (Å²) in [6, 6.07) is -0.654. The maximum atomic E-state index is 12.6. The third-order valence-electron chi connectivity index (χ3n) is 4.66. The van der Waals surface area contributed by atoms with E-state index in [1.54, 1.807) is 4.90 Å². The molecule has 1 heterocycles. The van der Waals surface area contributed by atoms with Crippen molar-refractivity contribution in [1.82, 2.24) is 9.80 Å². The van der Waals surface area contributed by atoms with Gasteiger partial charge in [-0.1, -0.05) is 0 Å². The minimum absolute atomic E-state index is 0.140. The predicted octanol–water partition coefficient (Wildman–Crippen LogP) is 2.27. The van der Waals surface area contributed by atoms with E-state index in [1.807, 2.05) is 0 Å². The van der Waals surface area contributed by atoms with E-state index in [1.165, 1.54) is 0 Å². The highest BCUT2D eigenvalue weighted by Crippen LogP contribution is 2.52. The Morgan fingerprint density at radius 2 is 1.76 bits per heavy atom. The molecule has 1 saturated heterocycles. The van der Waals surface area contributed by atoms with Crippen LogP contribution in [0.15, 0.2) is 0 Å². The van der Waals surface area contributed by atoms with Gasteiger partial charge in [-0.2, -0.15) is 13.2 Å². The number of alkyl halides is 5. The van der Waals surface area contributed by atoms with Crippen LogP contribution in [-0.4, -0.2) is 60.0 Å². The molecule has 3 aliphatic rings. The molecule has 1 spiro atoms. The number of hydrogen-bond acceptors (Lipinski definition) is 2. The molecular formula is C13H17F5N2O. The molecule has 3 nitrogen and oxygen atoms in total. The zero-order chi connectivity index (χ0) is 15.4. The number of amides is 1. The standard InChI is InChI=1S/C13H17F5N2O/c14-10(15)5-19-6-12(7-19)3-9(4-12)20(8-1-2-8)11(21)13(16,17)18/h8-10H,1-7H2. The monoisotopic (exact) mass is 312 g/mol. The molecule has 2 saturated carbocycles. The van der Waals surface area contributed by atoms with Gasteiger partial charge in [-0.3, -0.25) is 9.69 Å². The van der Waals surface area contributed by atoms with E-state index in [0.29, 0.717) is 38.8 Å². The van der Waals surface area contributed by atoms with Gasteiger partial charge in [0.25, 0.3) is 6.43 Å². The summed E-state index contributed by atoms with van der Waals surface area (Å²) >= 11 is 0. The van der Waals surface area contributed by atoms with Gasteiger partial charge in [0.15, 0.2) is 0 Å². The van der Waals surface area contributed by atoms with Crippen LogP contribution >= 0.6 is 0 Å². The van der Waals surface area contributed by atoms with Gasteiger partial charge in [0.2, 0.25) is 0 Å². The van der Waals surface area contributed by atoms with Crippen LogP contribution in [0.2, 0.25) is 0 Å². The normalized spacial score (nSPS) is 25.8. The van der Waals surface area contributed by atoms with Crippen LogP contribution < -0.4 is 0 Å². The first kappa shape index (κ1) is 15.0. The summed E-state index contributed by atoms with van der Waals surface area (Å²) in [4.78, 5) is 14.1. The van der Waals surface area contributed by atoms with Crippen molar-refractivity contribution in [2.24, 2.45) is 5.41 Å². The van der Waals surface area contributed by atoms with Crippen molar-refractivity contribution in [2.45, 2.75) is 50.4 Å². The van der Waals surface area contributed by atoms with E-state index in [4.69, 9.17) is 0 Å². The van der Waals surface area contributed by atoms with E-state index in [0.717, 1.165) is 4.90 Å². The van der Waals surface area contributed by atoms with Gasteiger partial charge in [-0.15, -0.1) is 0 Å². The van der Waals surface area contributed by atoms with E-state index in [2.05, 4.69) is 0 Å². The van der Waals surface area contributed by atoms with Gasteiger partial charge in [-0.25, -0.2) is 8.78 Å². The van der Waals surface area contributed by atoms with Crippen molar-refractivity contribution >= 4 is 5.91 Å². The van der Waals surface area contributed by atoms with E-state index < -0.39 is 18.5 Å². The second kappa shape index (κ2) is 4.79. The molecule has 8 heteroatoms. The Labute approximate surface area is 119 Å². The highest BCUT2D eigenvalue weighted by molar-refractivity contribution is 5.83. The summed E-state index contributed by atoms with van der Waals surface area (Å²) in [5, 5.41) is 0. The lowest BCUT2D eigenvalue weighted by Crippen LogP contribution is -2.68. The molecule has 1 amide bonds. The van der Waals surface area contributed by atoms with Gasteiger partial charge in [-0.05, 0) is 31.1 Å². The zero-order valence-electron chi connectivity index (χ0n) is 11.4. The number of carbonyl (C=O) groups is 1. The van der Waals surface area contributed by atoms with Gasteiger partial charge in [0.05, 0.1) is 6.54 Å². The molecule has 21 heavy (non-hydrogen) atoms. The molecule has 1 aliphatic heterocycles. The SMILES string of the molecule is O=C(N(C1CC1)C1CC2(C1)CN(CC(F)F)C2)C(F)(F)F. The summed E-state index contributed by atoms with van der Waals surface area (Å²) in [6.45, 7) is 0.735. The van der Waals surface area contributed by atoms with Crippen molar-refractivity contribution in [1.29, 1.82) is 0 Å². The molecule has 0 N–H and O–H groups in total. The highest BCUT2D eigenvalue weighted by Gasteiger charge is 2.59. The average molecular weight is 312 g/mol. The predicted molar refractivity (Wildman–Crippen MR) is 63.8 cm³/mol. The molecule has 0 aromatic rings. The summed E-state index contributed by atoms with van der Waals surface area (Å²) in [7, 11) is 0. The first-order chi connectivity index (χ1) is 9.70. The zero-order valence-corrected chi connectivity index (χ0v) is 11.4. The van der Waals surface area contributed by atoms with Crippen molar-refractivity contribution < 1.29 is 26.7 Å². The van der Waals surface area contributed by atoms with Crippen LogP contribution in [0.4, 0.5) is 22.0 Å². The quantitative estimate of drug-likeness (QED) is 0.744. The lowest BCUT2D eigenvalue weighted by Gasteiger charge is -2.61. The van der Waals surface area contributed by atoms with E-state index >= 15 is 0 Å². The van der Waals surface area contributed by atoms with Crippen LogP contribution in [0, 0.1) is 5.41 Å². The molecule has 0 unspecified atom stereocenters. The van der Waals surface area contributed by atoms with Crippen molar-refractivity contribution in [3.05, 3.63) is 0 Å². The molecule has 2 aliphatic carbocycles. The largest absolute Gasteiger partial charge is 0.471 e. The van der Waals surface area contributed by atoms with Crippen molar-refractivity contribution in [3.63, 3.8) is 0 Å². The smallest absolute Gasteiger partial charge is 0.329 e. The number of rotatable bonds is 4. The van der Waals surface area contributed by atoms with Crippen LogP contribution in [-0.2, 0) is 4.79 Å². The molecule has 3 rings (SSSR count). The Kier molecular flexibility index (Phi) is 3.42. The fourth-order valence-corrected chi connectivity index (χ4v) is 3.75. The van der Waals surface area contributed by atoms with Crippen LogP contribution in [0.3, 0.4) is 0 Å². The maximum Gasteiger partial charge on any atom is 0.471 e. The van der Waals surface area contributed by atoms with Crippen LogP contribution in [0.25, 0.3) is 0 Å². The molecule has 0 bridgehead atoms. The topological polar surface area (TPSA) is 23.6 Å². The number of halogens is 5. The van der Waals surface area contributed by atoms with Gasteiger partial charge in [0.1, 0.15) is 0 Å². The first-order valence-electron chi connectivity index (χ1n) is 7.10. The molecule has 0 radical (unpaired) electrons. The molecule has 3 fully saturated rings. The Hall–Kier alpha value is -0.920. The minimum atomic E-state index is -4.83. The fraction of sp³-hybridized carbons (Fsp3) is 0.923. The first-order valence-corrected chi connectivity index (χ1v) is 7.10. The van der Waals surface area contributed by atoms with Crippen molar-refractivity contribution in [2.75, 3.05) is 19.6 Å². The van der Waals surface area contributed by atoms with Crippen molar-refractivity contribution in [3.8, 4) is 0 Å². The summed E-state index contributed by atoms with van der Waals surface area (Å²) in [5.74, 6) is -1.74. The molecule has 0 aromatic carbocycles. The lowest BCUT2D eigenvalue weighted by atomic mass is 9.60. The summed E-state index contributed by atoms with van der Waals surface area (Å²) < 4.78 is 62.3. The Bertz CT molecular complexity index is 421. The summed E-state index contributed by atoms with van der Waals surface area (Å²) in [5.41, 5.74) is -0.140. The second-order valence-corrected chi connectivity index (χ2v) is 6.56. The Balaban J connectivity index is 1.54. The van der Waals surface area contributed by atoms with Crippen LogP contribution in [0.5, 0.6) is 0 Å². The number of likely N-dealkylation sites (tertiary alicyclic amines) is 1. The number of nitrogens with zero attached hydrogens (tertiary/aromatic N) is 2. The third kappa shape index (κ3) is 2.86. The Morgan fingerprint density at radius 3 is 2.19 bits per heavy atom. The van der Waals surface area contributed by atoms with Crippen LogP contribution in [0.1, 0.15) is 25.7 Å². The molecule has 0 atom stereocenters. The maximum absolute atomic E-state index is 12.6. The minimum Gasteiger partial charge on any atom is -0.329 e. The lowest BCUT2D eigenvalue weighted by molar-refractivity contribution is -0.198. The third-order valence-corrected chi connectivity index (χ3v) is 4.66. The fourth-order valence-electron chi connectivity index (χ4n) is 3.75. The Morgan fingerprint density at radius 1 is 1.19 bits per heavy atom. The van der Waals surface area contributed by atoms with Gasteiger partial charge in [0, 0.05) is 25.2 Å². The molecule has 120 valence electrons. The van der Waals surface area contributed by atoms with E-state index in [-0.39, 0.29) is 24.0 Å². The van der Waals surface area contributed by atoms with Gasteiger partial charge < -0.3 is 4.90 Å².